The lowest BCUT2D eigenvalue weighted by Gasteiger charge is -2.30. The molecule has 0 radical (unpaired) electrons. The number of para-hydroxylation sites is 1. The van der Waals surface area contributed by atoms with Crippen LogP contribution in [-0.2, 0) is 6.54 Å². The lowest BCUT2D eigenvalue weighted by molar-refractivity contribution is 0.181. The first-order valence-corrected chi connectivity index (χ1v) is 10.8. The highest BCUT2D eigenvalue weighted by Crippen LogP contribution is 2.33. The fourth-order valence-corrected chi connectivity index (χ4v) is 5.23. The van der Waals surface area contributed by atoms with E-state index in [1.807, 2.05) is 11.4 Å². The molecule has 0 unspecified atom stereocenters. The van der Waals surface area contributed by atoms with Gasteiger partial charge in [0, 0.05) is 27.0 Å². The number of thiophene rings is 1. The van der Waals surface area contributed by atoms with E-state index in [9.17, 15) is 0 Å². The summed E-state index contributed by atoms with van der Waals surface area (Å²) < 4.78 is 6.52. The van der Waals surface area contributed by atoms with Gasteiger partial charge < -0.3 is 9.51 Å². The molecule has 4 heterocycles. The standard InChI is InChI=1S/C20H19BrN4OS/c21-14-9-18(27-12-14)20-23-19(26-24-20)11-25-7-5-13(6-8-25)16-10-22-17-4-2-1-3-15(16)17/h1-4,9-10,12-13,22H,5-8,11H2. The zero-order chi connectivity index (χ0) is 18.2. The number of nitrogens with zero attached hydrogens (tertiary/aromatic N) is 3. The van der Waals surface area contributed by atoms with Crippen molar-refractivity contribution in [1.82, 2.24) is 20.0 Å². The van der Waals surface area contributed by atoms with Crippen molar-refractivity contribution in [3.8, 4) is 10.7 Å². The van der Waals surface area contributed by atoms with E-state index >= 15 is 0 Å². The van der Waals surface area contributed by atoms with Gasteiger partial charge in [0.25, 0.3) is 0 Å². The maximum atomic E-state index is 5.47. The molecule has 0 aliphatic carbocycles. The number of H-pyrrole nitrogens is 1. The minimum absolute atomic E-state index is 0.610. The number of aromatic nitrogens is 3. The summed E-state index contributed by atoms with van der Waals surface area (Å²) in [5.41, 5.74) is 2.68. The number of hydrogen-bond donors (Lipinski definition) is 1. The molecule has 1 fully saturated rings. The van der Waals surface area contributed by atoms with E-state index in [2.05, 4.69) is 66.4 Å². The third kappa shape index (κ3) is 3.47. The van der Waals surface area contributed by atoms with Gasteiger partial charge in [-0.3, -0.25) is 4.90 Å². The Kier molecular flexibility index (Phi) is 4.59. The Bertz CT molecular complexity index is 1060. The Hall–Kier alpha value is -1.96. The molecule has 1 saturated heterocycles. The lowest BCUT2D eigenvalue weighted by Crippen LogP contribution is -2.32. The zero-order valence-corrected chi connectivity index (χ0v) is 17.1. The summed E-state index contributed by atoms with van der Waals surface area (Å²) in [6.07, 6.45) is 4.50. The first-order chi connectivity index (χ1) is 13.3. The van der Waals surface area contributed by atoms with Gasteiger partial charge in [-0.2, -0.15) is 4.98 Å². The number of rotatable bonds is 4. The smallest absolute Gasteiger partial charge is 0.241 e. The number of likely N-dealkylation sites (tertiary alicyclic amines) is 1. The average molecular weight is 443 g/mol. The van der Waals surface area contributed by atoms with Gasteiger partial charge in [0.1, 0.15) is 0 Å². The topological polar surface area (TPSA) is 58.0 Å². The van der Waals surface area contributed by atoms with Crippen molar-refractivity contribution in [3.05, 3.63) is 57.8 Å². The fraction of sp³-hybridized carbons (Fsp3) is 0.300. The number of piperidine rings is 1. The molecule has 7 heteroatoms. The van der Waals surface area contributed by atoms with Crippen molar-refractivity contribution < 1.29 is 4.52 Å². The first kappa shape index (κ1) is 17.2. The van der Waals surface area contributed by atoms with Crippen LogP contribution in [0.15, 0.2) is 50.9 Å². The van der Waals surface area contributed by atoms with Crippen LogP contribution in [0.5, 0.6) is 0 Å². The first-order valence-electron chi connectivity index (χ1n) is 9.11. The number of fused-ring (bicyclic) bond motifs is 1. The summed E-state index contributed by atoms with van der Waals surface area (Å²) in [4.78, 5) is 11.4. The van der Waals surface area contributed by atoms with Gasteiger partial charge in [-0.05, 0) is 65.5 Å². The molecule has 1 aromatic carbocycles. The molecular formula is C20H19BrN4OS. The second-order valence-electron chi connectivity index (χ2n) is 6.98. The molecule has 0 amide bonds. The molecular weight excluding hydrogens is 424 g/mol. The van der Waals surface area contributed by atoms with Crippen LogP contribution in [0, 0.1) is 0 Å². The average Bonchev–Trinajstić information content (AvgIpc) is 3.42. The van der Waals surface area contributed by atoms with Crippen LogP contribution in [0.1, 0.15) is 30.2 Å². The van der Waals surface area contributed by atoms with Crippen molar-refractivity contribution in [3.63, 3.8) is 0 Å². The molecule has 5 nitrogen and oxygen atoms in total. The largest absolute Gasteiger partial charge is 0.361 e. The van der Waals surface area contributed by atoms with Gasteiger partial charge in [0.15, 0.2) is 0 Å². The van der Waals surface area contributed by atoms with Gasteiger partial charge in [-0.25, -0.2) is 0 Å². The minimum atomic E-state index is 0.610. The van der Waals surface area contributed by atoms with E-state index in [4.69, 9.17) is 4.52 Å². The van der Waals surface area contributed by atoms with Gasteiger partial charge in [0.05, 0.1) is 11.4 Å². The SMILES string of the molecule is Brc1csc(-c2noc(CN3CCC(c4c[nH]c5ccccc45)CC3)n2)c1. The van der Waals surface area contributed by atoms with Crippen molar-refractivity contribution >= 4 is 38.2 Å². The van der Waals surface area contributed by atoms with Crippen LogP contribution in [0.3, 0.4) is 0 Å². The van der Waals surface area contributed by atoms with Gasteiger partial charge >= 0.3 is 0 Å². The molecule has 27 heavy (non-hydrogen) atoms. The molecule has 0 saturated carbocycles. The summed E-state index contributed by atoms with van der Waals surface area (Å²) in [5, 5.41) is 7.52. The van der Waals surface area contributed by atoms with E-state index in [1.54, 1.807) is 11.3 Å². The molecule has 138 valence electrons. The number of halogens is 1. The monoisotopic (exact) mass is 442 g/mol. The van der Waals surface area contributed by atoms with E-state index in [-0.39, 0.29) is 0 Å². The van der Waals surface area contributed by atoms with Crippen LogP contribution >= 0.6 is 27.3 Å². The third-order valence-electron chi connectivity index (χ3n) is 5.26. The highest BCUT2D eigenvalue weighted by Gasteiger charge is 2.24. The minimum Gasteiger partial charge on any atom is -0.361 e. The number of aromatic amines is 1. The summed E-state index contributed by atoms with van der Waals surface area (Å²) in [5.74, 6) is 1.98. The highest BCUT2D eigenvalue weighted by molar-refractivity contribution is 9.10. The van der Waals surface area contributed by atoms with E-state index in [0.717, 1.165) is 41.8 Å². The molecule has 1 N–H and O–H groups in total. The summed E-state index contributed by atoms with van der Waals surface area (Å²) >= 11 is 5.08. The normalized spacial score (nSPS) is 16.3. The quantitative estimate of drug-likeness (QED) is 0.458. The summed E-state index contributed by atoms with van der Waals surface area (Å²) in [7, 11) is 0. The Morgan fingerprint density at radius 1 is 1.26 bits per heavy atom. The van der Waals surface area contributed by atoms with Crippen molar-refractivity contribution in [2.75, 3.05) is 13.1 Å². The molecule has 5 rings (SSSR count). The Morgan fingerprint density at radius 3 is 2.93 bits per heavy atom. The van der Waals surface area contributed by atoms with Crippen LogP contribution in [0.25, 0.3) is 21.6 Å². The maximum Gasteiger partial charge on any atom is 0.241 e. The van der Waals surface area contributed by atoms with Crippen LogP contribution < -0.4 is 0 Å². The van der Waals surface area contributed by atoms with Crippen LogP contribution in [-0.4, -0.2) is 33.1 Å². The number of hydrogen-bond acceptors (Lipinski definition) is 5. The molecule has 1 aliphatic heterocycles. The van der Waals surface area contributed by atoms with E-state index in [0.29, 0.717) is 17.6 Å². The van der Waals surface area contributed by atoms with E-state index < -0.39 is 0 Å². The third-order valence-corrected chi connectivity index (χ3v) is 6.95. The second-order valence-corrected chi connectivity index (χ2v) is 8.81. The van der Waals surface area contributed by atoms with Crippen molar-refractivity contribution in [2.24, 2.45) is 0 Å². The molecule has 1 aliphatic rings. The zero-order valence-electron chi connectivity index (χ0n) is 14.7. The van der Waals surface area contributed by atoms with Crippen LogP contribution in [0.2, 0.25) is 0 Å². The molecule has 4 aromatic rings. The number of nitrogens with one attached hydrogen (secondary N) is 1. The maximum absolute atomic E-state index is 5.47. The Morgan fingerprint density at radius 2 is 2.11 bits per heavy atom. The van der Waals surface area contributed by atoms with Crippen molar-refractivity contribution in [2.45, 2.75) is 25.3 Å². The van der Waals surface area contributed by atoms with Crippen LogP contribution in [0.4, 0.5) is 0 Å². The highest BCUT2D eigenvalue weighted by atomic mass is 79.9. The molecule has 0 atom stereocenters. The Labute approximate surface area is 169 Å². The second kappa shape index (κ2) is 7.22. The number of benzene rings is 1. The summed E-state index contributed by atoms with van der Waals surface area (Å²) in [6, 6.07) is 10.6. The van der Waals surface area contributed by atoms with Gasteiger partial charge in [-0.1, -0.05) is 23.4 Å². The van der Waals surface area contributed by atoms with E-state index in [1.165, 1.54) is 16.5 Å². The molecule has 3 aromatic heterocycles. The lowest BCUT2D eigenvalue weighted by atomic mass is 9.89. The van der Waals surface area contributed by atoms with Gasteiger partial charge in [0.2, 0.25) is 11.7 Å². The van der Waals surface area contributed by atoms with Gasteiger partial charge in [-0.15, -0.1) is 11.3 Å². The predicted molar refractivity (Wildman–Crippen MR) is 111 cm³/mol. The van der Waals surface area contributed by atoms with Crippen molar-refractivity contribution in [1.29, 1.82) is 0 Å². The summed E-state index contributed by atoms with van der Waals surface area (Å²) in [6.45, 7) is 2.82. The Balaban J connectivity index is 1.23. The molecule has 0 bridgehead atoms. The molecule has 0 spiro atoms. The fourth-order valence-electron chi connectivity index (χ4n) is 3.87. The predicted octanol–water partition coefficient (Wildman–Crippen LogP) is 5.42.